The Kier molecular flexibility index (Phi) is 7.97. The summed E-state index contributed by atoms with van der Waals surface area (Å²) in [5.41, 5.74) is 20.2. The Morgan fingerprint density at radius 1 is 0.557 bits per heavy atom. The van der Waals surface area contributed by atoms with Crippen LogP contribution in [0.3, 0.4) is 0 Å². The Hall–Kier alpha value is -6.36. The van der Waals surface area contributed by atoms with Gasteiger partial charge in [-0.05, 0) is 130 Å². The molecule has 0 amide bonds. The molecule has 1 aliphatic heterocycles. The van der Waals surface area contributed by atoms with Crippen LogP contribution in [0.25, 0.3) is 81.0 Å². The standard InChI is InChI=1S/C57H46BN2S/c1-34-23-25-36(26-24-34)59-48-21-13-11-19-39(48)43-29-42(38-18-10-9-17-37(38)35-15-7-6-8-16-35)53-44-30-45-46(57(4,5)28-27-56(45,2)3)32-49(44)60-50-31-41-40-20-12-14-22-51(40)61-52(41)33-47(50)58-54(43)55(53)60/h6-26,29-33,59H,27-28H2,1-5H3. The van der Waals surface area contributed by atoms with E-state index in [2.05, 4.69) is 210 Å². The number of para-hydroxylation sites is 1. The first-order chi connectivity index (χ1) is 29.6. The fourth-order valence-corrected chi connectivity index (χ4v) is 11.7. The van der Waals surface area contributed by atoms with E-state index in [0.29, 0.717) is 0 Å². The number of benzene rings is 8. The molecule has 8 aromatic carbocycles. The van der Waals surface area contributed by atoms with E-state index < -0.39 is 0 Å². The van der Waals surface area contributed by atoms with Gasteiger partial charge in [0.15, 0.2) is 7.28 Å². The largest absolute Gasteiger partial charge is 0.355 e. The van der Waals surface area contributed by atoms with Gasteiger partial charge in [-0.25, -0.2) is 0 Å². The number of aromatic nitrogens is 1. The third kappa shape index (κ3) is 5.61. The number of anilines is 2. The van der Waals surface area contributed by atoms with Gasteiger partial charge in [0, 0.05) is 59.1 Å². The van der Waals surface area contributed by atoms with Crippen LogP contribution < -0.4 is 16.2 Å². The molecule has 61 heavy (non-hydrogen) atoms. The first-order valence-corrected chi connectivity index (χ1v) is 22.5. The van der Waals surface area contributed by atoms with Crippen LogP contribution >= 0.6 is 11.3 Å². The fourth-order valence-electron chi connectivity index (χ4n) is 10.6. The van der Waals surface area contributed by atoms with Crippen LogP contribution in [-0.4, -0.2) is 11.8 Å². The van der Waals surface area contributed by atoms with Crippen molar-refractivity contribution in [3.63, 3.8) is 0 Å². The molecule has 0 unspecified atom stereocenters. The molecule has 0 spiro atoms. The number of rotatable bonds is 5. The van der Waals surface area contributed by atoms with Gasteiger partial charge >= 0.3 is 0 Å². The molecular formula is C57H46BN2S. The highest BCUT2D eigenvalue weighted by atomic mass is 32.1. The molecule has 12 rings (SSSR count). The van der Waals surface area contributed by atoms with E-state index in [-0.39, 0.29) is 10.8 Å². The summed E-state index contributed by atoms with van der Waals surface area (Å²) in [6.07, 6.45) is 2.33. The Labute approximate surface area is 362 Å². The van der Waals surface area contributed by atoms with E-state index in [1.807, 2.05) is 11.3 Å². The van der Waals surface area contributed by atoms with Crippen molar-refractivity contribution in [2.45, 2.75) is 58.3 Å². The predicted molar refractivity (Wildman–Crippen MR) is 265 cm³/mol. The minimum absolute atomic E-state index is 0.0598. The lowest BCUT2D eigenvalue weighted by molar-refractivity contribution is 0.332. The average Bonchev–Trinajstić information content (AvgIpc) is 3.81. The van der Waals surface area contributed by atoms with Crippen molar-refractivity contribution in [1.82, 2.24) is 4.57 Å². The van der Waals surface area contributed by atoms with Crippen LogP contribution in [0.5, 0.6) is 0 Å². The summed E-state index contributed by atoms with van der Waals surface area (Å²) in [6.45, 7) is 12.0. The van der Waals surface area contributed by atoms with Gasteiger partial charge in [-0.1, -0.05) is 142 Å². The number of thiophene rings is 1. The molecule has 0 bridgehead atoms. The third-order valence-electron chi connectivity index (χ3n) is 14.0. The van der Waals surface area contributed by atoms with Gasteiger partial charge in [-0.15, -0.1) is 11.3 Å². The Balaban J connectivity index is 1.26. The summed E-state index contributed by atoms with van der Waals surface area (Å²) in [7, 11) is 2.50. The highest BCUT2D eigenvalue weighted by molar-refractivity contribution is 7.26. The molecule has 0 atom stereocenters. The van der Waals surface area contributed by atoms with Crippen molar-refractivity contribution in [2.24, 2.45) is 0 Å². The lowest BCUT2D eigenvalue weighted by atomic mass is 9.58. The molecule has 3 heterocycles. The molecule has 1 aliphatic carbocycles. The number of hydrogen-bond donors (Lipinski definition) is 1. The quantitative estimate of drug-likeness (QED) is 0.172. The van der Waals surface area contributed by atoms with Crippen molar-refractivity contribution >= 4 is 82.9 Å². The van der Waals surface area contributed by atoms with Crippen LogP contribution in [0.4, 0.5) is 11.4 Å². The van der Waals surface area contributed by atoms with Gasteiger partial charge in [0.25, 0.3) is 0 Å². The zero-order valence-corrected chi connectivity index (χ0v) is 36.2. The molecule has 0 saturated heterocycles. The van der Waals surface area contributed by atoms with Crippen LogP contribution in [0.15, 0.2) is 158 Å². The predicted octanol–water partition coefficient (Wildman–Crippen LogP) is 14.5. The van der Waals surface area contributed by atoms with Gasteiger partial charge in [0.05, 0.1) is 5.52 Å². The molecule has 2 aromatic heterocycles. The van der Waals surface area contributed by atoms with E-state index in [9.17, 15) is 0 Å². The Morgan fingerprint density at radius 3 is 2.02 bits per heavy atom. The van der Waals surface area contributed by atoms with Crippen LogP contribution in [0.1, 0.15) is 57.2 Å². The van der Waals surface area contributed by atoms with Crippen LogP contribution in [0.2, 0.25) is 0 Å². The zero-order chi connectivity index (χ0) is 41.2. The number of fused-ring (bicyclic) bond motifs is 9. The maximum atomic E-state index is 3.85. The molecule has 2 nitrogen and oxygen atoms in total. The maximum Gasteiger partial charge on any atom is 0.197 e. The van der Waals surface area contributed by atoms with Crippen LogP contribution in [-0.2, 0) is 10.8 Å². The van der Waals surface area contributed by atoms with Gasteiger partial charge in [0.1, 0.15) is 0 Å². The second-order valence-corrected chi connectivity index (χ2v) is 19.8. The number of hydrogen-bond acceptors (Lipinski definition) is 2. The second-order valence-electron chi connectivity index (χ2n) is 18.7. The smallest absolute Gasteiger partial charge is 0.197 e. The molecule has 2 aliphatic rings. The molecule has 1 radical (unpaired) electrons. The number of nitrogens with zero attached hydrogens (tertiary/aromatic N) is 1. The molecular weight excluding hydrogens is 756 g/mol. The lowest BCUT2D eigenvalue weighted by Crippen LogP contribution is -2.37. The molecule has 293 valence electrons. The minimum atomic E-state index is 0.0598. The average molecular weight is 802 g/mol. The van der Waals surface area contributed by atoms with E-state index in [4.69, 9.17) is 0 Å². The van der Waals surface area contributed by atoms with Gasteiger partial charge in [-0.3, -0.25) is 0 Å². The topological polar surface area (TPSA) is 17.0 Å². The summed E-state index contributed by atoms with van der Waals surface area (Å²) < 4.78 is 5.31. The number of aryl methyl sites for hydroxylation is 1. The lowest BCUT2D eigenvalue weighted by Gasteiger charge is -2.42. The summed E-state index contributed by atoms with van der Waals surface area (Å²) in [4.78, 5) is 0. The molecule has 0 fully saturated rings. The van der Waals surface area contributed by atoms with Crippen molar-refractivity contribution in [3.05, 3.63) is 174 Å². The third-order valence-corrected chi connectivity index (χ3v) is 15.1. The highest BCUT2D eigenvalue weighted by Gasteiger charge is 2.39. The highest BCUT2D eigenvalue weighted by Crippen LogP contribution is 2.51. The van der Waals surface area contributed by atoms with E-state index >= 15 is 0 Å². The minimum Gasteiger partial charge on any atom is -0.355 e. The normalized spacial score (nSPS) is 14.9. The Morgan fingerprint density at radius 2 is 1.23 bits per heavy atom. The van der Waals surface area contributed by atoms with Crippen molar-refractivity contribution in [1.29, 1.82) is 0 Å². The molecule has 1 N–H and O–H groups in total. The summed E-state index contributed by atoms with van der Waals surface area (Å²) in [5, 5.41) is 9.14. The molecule has 4 heteroatoms. The van der Waals surface area contributed by atoms with Gasteiger partial charge < -0.3 is 9.88 Å². The van der Waals surface area contributed by atoms with Crippen molar-refractivity contribution in [2.75, 3.05) is 5.32 Å². The van der Waals surface area contributed by atoms with E-state index in [1.165, 1.54) is 122 Å². The van der Waals surface area contributed by atoms with E-state index in [0.717, 1.165) is 11.4 Å². The SMILES string of the molecule is Cc1ccc(Nc2ccccc2-c2cc(-c3ccccc3-c3ccccc3)c3c4cc5c(cc4n4c3c2[B]c2cc3sc6ccccc6c3cc2-4)C(C)(C)CCC5(C)C)cc1. The molecule has 10 aromatic rings. The maximum absolute atomic E-state index is 3.85. The van der Waals surface area contributed by atoms with Crippen molar-refractivity contribution < 1.29 is 0 Å². The van der Waals surface area contributed by atoms with Crippen LogP contribution in [0, 0.1) is 6.92 Å². The monoisotopic (exact) mass is 801 g/mol. The van der Waals surface area contributed by atoms with Crippen molar-refractivity contribution in [3.8, 4) is 39.1 Å². The molecule has 0 saturated carbocycles. The zero-order valence-electron chi connectivity index (χ0n) is 35.4. The Bertz CT molecular complexity index is 3420. The summed E-state index contributed by atoms with van der Waals surface area (Å²) >= 11 is 1.90. The second kappa shape index (κ2) is 13.3. The summed E-state index contributed by atoms with van der Waals surface area (Å²) in [6, 6.07) is 59.2. The summed E-state index contributed by atoms with van der Waals surface area (Å²) in [5.74, 6) is 0. The number of nitrogens with one attached hydrogen (secondary N) is 1. The first kappa shape index (κ1) is 36.5. The van der Waals surface area contributed by atoms with Gasteiger partial charge in [-0.2, -0.15) is 0 Å². The first-order valence-electron chi connectivity index (χ1n) is 21.7. The van der Waals surface area contributed by atoms with Gasteiger partial charge in [0.2, 0.25) is 0 Å². The fraction of sp³-hybridized carbons (Fsp3) is 0.158. The van der Waals surface area contributed by atoms with E-state index in [1.54, 1.807) is 0 Å².